The van der Waals surface area contributed by atoms with E-state index in [1.165, 1.54) is 0 Å². The zero-order valence-corrected chi connectivity index (χ0v) is 10.6. The molecule has 0 aliphatic rings. The molecule has 17 heavy (non-hydrogen) atoms. The molecule has 0 fully saturated rings. The molecule has 3 N–H and O–H groups in total. The van der Waals surface area contributed by atoms with Crippen LogP contribution in [-0.4, -0.2) is 25.2 Å². The Bertz CT molecular complexity index is 363. The lowest BCUT2D eigenvalue weighted by atomic mass is 10.1. The summed E-state index contributed by atoms with van der Waals surface area (Å²) in [5.74, 6) is -0.193. The van der Waals surface area contributed by atoms with Gasteiger partial charge in [0.25, 0.3) is 0 Å². The van der Waals surface area contributed by atoms with E-state index in [1.807, 2.05) is 44.2 Å². The number of benzene rings is 1. The minimum Gasteiger partial charge on any atom is -0.377 e. The third kappa shape index (κ3) is 4.17. The predicted molar refractivity (Wildman–Crippen MR) is 67.5 cm³/mol. The molecule has 0 aliphatic heterocycles. The van der Waals surface area contributed by atoms with E-state index in [1.54, 1.807) is 7.11 Å². The molecule has 1 aromatic carbocycles. The monoisotopic (exact) mass is 236 g/mol. The Morgan fingerprint density at radius 1 is 1.41 bits per heavy atom. The SMILES string of the molecule is COC(C)(C)CNC(=O)[C@@H](N)c1ccccc1. The van der Waals surface area contributed by atoms with E-state index >= 15 is 0 Å². The van der Waals surface area contributed by atoms with E-state index < -0.39 is 6.04 Å². The highest BCUT2D eigenvalue weighted by Gasteiger charge is 2.20. The first-order valence-electron chi connectivity index (χ1n) is 5.59. The van der Waals surface area contributed by atoms with Crippen molar-refractivity contribution in [2.45, 2.75) is 25.5 Å². The predicted octanol–water partition coefficient (Wildman–Crippen LogP) is 1.23. The summed E-state index contributed by atoms with van der Waals surface area (Å²) in [6.07, 6.45) is 0. The molecule has 4 nitrogen and oxygen atoms in total. The van der Waals surface area contributed by atoms with Crippen LogP contribution in [0.15, 0.2) is 30.3 Å². The molecular formula is C13H20N2O2. The van der Waals surface area contributed by atoms with Crippen molar-refractivity contribution in [1.29, 1.82) is 0 Å². The molecule has 4 heteroatoms. The van der Waals surface area contributed by atoms with Gasteiger partial charge in [-0.15, -0.1) is 0 Å². The van der Waals surface area contributed by atoms with Crippen LogP contribution in [0.5, 0.6) is 0 Å². The number of ether oxygens (including phenoxy) is 1. The second kappa shape index (κ2) is 5.80. The Balaban J connectivity index is 2.54. The highest BCUT2D eigenvalue weighted by atomic mass is 16.5. The van der Waals surface area contributed by atoms with Crippen LogP contribution < -0.4 is 11.1 Å². The fourth-order valence-electron chi connectivity index (χ4n) is 1.29. The van der Waals surface area contributed by atoms with Gasteiger partial charge in [0.15, 0.2) is 0 Å². The second-order valence-electron chi connectivity index (χ2n) is 4.57. The smallest absolute Gasteiger partial charge is 0.241 e. The molecule has 0 bridgehead atoms. The number of carbonyl (C=O) groups excluding carboxylic acids is 1. The summed E-state index contributed by atoms with van der Waals surface area (Å²) in [7, 11) is 1.61. The van der Waals surface area contributed by atoms with Gasteiger partial charge in [-0.25, -0.2) is 0 Å². The quantitative estimate of drug-likeness (QED) is 0.808. The summed E-state index contributed by atoms with van der Waals surface area (Å²) in [5.41, 5.74) is 6.28. The van der Waals surface area contributed by atoms with E-state index in [0.29, 0.717) is 6.54 Å². The van der Waals surface area contributed by atoms with E-state index in [-0.39, 0.29) is 11.5 Å². The topological polar surface area (TPSA) is 64.3 Å². The number of hydrogen-bond acceptors (Lipinski definition) is 3. The number of nitrogens with one attached hydrogen (secondary N) is 1. The Morgan fingerprint density at radius 3 is 2.53 bits per heavy atom. The van der Waals surface area contributed by atoms with Gasteiger partial charge in [0.05, 0.1) is 5.60 Å². The van der Waals surface area contributed by atoms with E-state index in [9.17, 15) is 4.79 Å². The molecule has 0 spiro atoms. The zero-order valence-electron chi connectivity index (χ0n) is 10.6. The van der Waals surface area contributed by atoms with Crippen molar-refractivity contribution in [2.75, 3.05) is 13.7 Å². The molecular weight excluding hydrogens is 216 g/mol. The highest BCUT2D eigenvalue weighted by Crippen LogP contribution is 2.10. The summed E-state index contributed by atoms with van der Waals surface area (Å²) in [4.78, 5) is 11.8. The molecule has 0 aliphatic carbocycles. The Labute approximate surface area is 102 Å². The van der Waals surface area contributed by atoms with Gasteiger partial charge in [-0.05, 0) is 19.4 Å². The van der Waals surface area contributed by atoms with Gasteiger partial charge in [-0.2, -0.15) is 0 Å². The fourth-order valence-corrected chi connectivity index (χ4v) is 1.29. The van der Waals surface area contributed by atoms with Gasteiger partial charge in [-0.1, -0.05) is 30.3 Å². The average molecular weight is 236 g/mol. The highest BCUT2D eigenvalue weighted by molar-refractivity contribution is 5.82. The summed E-state index contributed by atoms with van der Waals surface area (Å²) >= 11 is 0. The maximum atomic E-state index is 11.8. The van der Waals surface area contributed by atoms with Crippen molar-refractivity contribution >= 4 is 5.91 Å². The van der Waals surface area contributed by atoms with Crippen molar-refractivity contribution in [3.8, 4) is 0 Å². The number of nitrogens with two attached hydrogens (primary N) is 1. The molecule has 1 rings (SSSR count). The fraction of sp³-hybridized carbons (Fsp3) is 0.462. The number of carbonyl (C=O) groups is 1. The van der Waals surface area contributed by atoms with Gasteiger partial charge in [-0.3, -0.25) is 4.79 Å². The van der Waals surface area contributed by atoms with Crippen LogP contribution >= 0.6 is 0 Å². The van der Waals surface area contributed by atoms with Crippen LogP contribution in [0.25, 0.3) is 0 Å². The standard InChI is InChI=1S/C13H20N2O2/c1-13(2,17-3)9-15-12(16)11(14)10-7-5-4-6-8-10/h4-8,11H,9,14H2,1-3H3,(H,15,16)/t11-/m0/s1. The lowest BCUT2D eigenvalue weighted by molar-refractivity contribution is -0.123. The van der Waals surface area contributed by atoms with Crippen LogP contribution in [0, 0.1) is 0 Å². The molecule has 0 radical (unpaired) electrons. The molecule has 0 unspecified atom stereocenters. The van der Waals surface area contributed by atoms with E-state index in [4.69, 9.17) is 10.5 Å². The molecule has 1 aromatic rings. The molecule has 0 heterocycles. The lowest BCUT2D eigenvalue weighted by Gasteiger charge is -2.24. The van der Waals surface area contributed by atoms with Crippen molar-refractivity contribution in [3.63, 3.8) is 0 Å². The maximum absolute atomic E-state index is 11.8. The Kier molecular flexibility index (Phi) is 4.66. The lowest BCUT2D eigenvalue weighted by Crippen LogP contribution is -2.43. The zero-order chi connectivity index (χ0) is 12.9. The Hall–Kier alpha value is -1.39. The first-order valence-corrected chi connectivity index (χ1v) is 5.59. The van der Waals surface area contributed by atoms with Crippen molar-refractivity contribution in [1.82, 2.24) is 5.32 Å². The summed E-state index contributed by atoms with van der Waals surface area (Å²) in [5, 5.41) is 2.78. The van der Waals surface area contributed by atoms with Crippen molar-refractivity contribution in [3.05, 3.63) is 35.9 Å². The van der Waals surface area contributed by atoms with Gasteiger partial charge >= 0.3 is 0 Å². The minimum atomic E-state index is -0.635. The van der Waals surface area contributed by atoms with Crippen molar-refractivity contribution < 1.29 is 9.53 Å². The van der Waals surface area contributed by atoms with E-state index in [2.05, 4.69) is 5.32 Å². The largest absolute Gasteiger partial charge is 0.377 e. The van der Waals surface area contributed by atoms with Gasteiger partial charge < -0.3 is 15.8 Å². The molecule has 1 amide bonds. The summed E-state index contributed by atoms with van der Waals surface area (Å²) < 4.78 is 5.22. The molecule has 0 saturated heterocycles. The normalized spacial score (nSPS) is 13.2. The number of rotatable bonds is 5. The van der Waals surface area contributed by atoms with E-state index in [0.717, 1.165) is 5.56 Å². The van der Waals surface area contributed by atoms with Crippen LogP contribution in [0.3, 0.4) is 0 Å². The average Bonchev–Trinajstić information content (AvgIpc) is 2.36. The third-order valence-electron chi connectivity index (χ3n) is 2.68. The van der Waals surface area contributed by atoms with Gasteiger partial charge in [0.1, 0.15) is 6.04 Å². The van der Waals surface area contributed by atoms with Gasteiger partial charge in [0, 0.05) is 13.7 Å². The number of methoxy groups -OCH3 is 1. The third-order valence-corrected chi connectivity index (χ3v) is 2.68. The van der Waals surface area contributed by atoms with Gasteiger partial charge in [0.2, 0.25) is 5.91 Å². The summed E-state index contributed by atoms with van der Waals surface area (Å²) in [6, 6.07) is 8.66. The first kappa shape index (κ1) is 13.7. The molecule has 0 saturated carbocycles. The Morgan fingerprint density at radius 2 is 2.00 bits per heavy atom. The van der Waals surface area contributed by atoms with Crippen LogP contribution in [0.4, 0.5) is 0 Å². The molecule has 1 atom stereocenters. The number of hydrogen-bond donors (Lipinski definition) is 2. The number of amides is 1. The summed E-state index contributed by atoms with van der Waals surface area (Å²) in [6.45, 7) is 4.24. The second-order valence-corrected chi connectivity index (χ2v) is 4.57. The minimum absolute atomic E-state index is 0.193. The molecule has 94 valence electrons. The first-order chi connectivity index (χ1) is 7.96. The molecule has 0 aromatic heterocycles. The van der Waals surface area contributed by atoms with Crippen LogP contribution in [-0.2, 0) is 9.53 Å². The van der Waals surface area contributed by atoms with Crippen LogP contribution in [0.2, 0.25) is 0 Å². The van der Waals surface area contributed by atoms with Crippen molar-refractivity contribution in [2.24, 2.45) is 5.73 Å². The van der Waals surface area contributed by atoms with Crippen LogP contribution in [0.1, 0.15) is 25.5 Å². The maximum Gasteiger partial charge on any atom is 0.241 e.